The Labute approximate surface area is 261 Å². The maximum absolute atomic E-state index is 13.3. The Kier molecular flexibility index (Phi) is 9.04. The maximum atomic E-state index is 13.3. The molecule has 1 spiro atoms. The molecule has 0 saturated heterocycles. The van der Waals surface area contributed by atoms with Gasteiger partial charge in [-0.05, 0) is 99.2 Å². The molecule has 2 aromatic rings. The van der Waals surface area contributed by atoms with Crippen LogP contribution in [-0.2, 0) is 21.9 Å². The van der Waals surface area contributed by atoms with Crippen LogP contribution in [0.4, 0.5) is 5.69 Å². The van der Waals surface area contributed by atoms with Crippen LogP contribution >= 0.6 is 11.6 Å². The highest BCUT2D eigenvalue weighted by Gasteiger charge is 2.49. The summed E-state index contributed by atoms with van der Waals surface area (Å²) in [4.78, 5) is 15.6. The number of aliphatic hydroxyl groups is 1. The summed E-state index contributed by atoms with van der Waals surface area (Å²) in [5.41, 5.74) is 2.89. The number of rotatable bonds is 10. The molecule has 1 heterocycles. The van der Waals surface area contributed by atoms with Crippen molar-refractivity contribution in [3.05, 3.63) is 83.4 Å². The number of amides is 1. The lowest BCUT2D eigenvalue weighted by atomic mass is 9.58. The molecule has 2 aromatic carbocycles. The highest BCUT2D eigenvalue weighted by atomic mass is 35.5. The van der Waals surface area contributed by atoms with E-state index in [0.717, 1.165) is 42.8 Å². The summed E-state index contributed by atoms with van der Waals surface area (Å²) in [6, 6.07) is 11.3. The Morgan fingerprint density at radius 3 is 2.74 bits per heavy atom. The van der Waals surface area contributed by atoms with Crippen molar-refractivity contribution < 1.29 is 23.1 Å². The first kappa shape index (κ1) is 31.6. The monoisotopic (exact) mass is 626 g/mol. The number of halogens is 1. The van der Waals surface area contributed by atoms with Crippen molar-refractivity contribution in [2.24, 2.45) is 11.3 Å². The number of fused-ring (bicyclic) bond motifs is 3. The van der Waals surface area contributed by atoms with Gasteiger partial charge in [-0.1, -0.05) is 36.7 Å². The van der Waals surface area contributed by atoms with Crippen molar-refractivity contribution >= 4 is 33.2 Å². The Morgan fingerprint density at radius 2 is 2.05 bits per heavy atom. The van der Waals surface area contributed by atoms with E-state index in [1.807, 2.05) is 6.07 Å². The minimum Gasteiger partial charge on any atom is -0.490 e. The number of anilines is 1. The van der Waals surface area contributed by atoms with Gasteiger partial charge in [0.2, 0.25) is 10.0 Å². The first-order chi connectivity index (χ1) is 20.4. The molecule has 9 heteroatoms. The third-order valence-electron chi connectivity index (χ3n) is 10.1. The first-order valence-electron chi connectivity index (χ1n) is 15.2. The fourth-order valence-corrected chi connectivity index (χ4v) is 8.30. The molecule has 5 atom stereocenters. The maximum Gasteiger partial charge on any atom is 0.264 e. The molecule has 2 aliphatic carbocycles. The summed E-state index contributed by atoms with van der Waals surface area (Å²) in [7, 11) is -3.86. The molecule has 43 heavy (non-hydrogen) atoms. The second-order valence-electron chi connectivity index (χ2n) is 12.9. The number of aliphatic hydroxyl groups excluding tert-OH is 1. The van der Waals surface area contributed by atoms with Crippen LogP contribution in [0.5, 0.6) is 5.75 Å². The summed E-state index contributed by atoms with van der Waals surface area (Å²) in [6.45, 7) is 13.0. The SMILES string of the molecule is C=CCCC(C)S(=O)(=O)NC(=O)c1ccc2c(c1)N(C[C@H]1CC[C@]1(C)C(O)C=C)C[C@@]1(CCCc3cc(Cl)ccc31)CO2. The van der Waals surface area contributed by atoms with Gasteiger partial charge in [0, 0.05) is 34.5 Å². The van der Waals surface area contributed by atoms with Crippen LogP contribution in [0.25, 0.3) is 0 Å². The number of aryl methyl sites for hydroxylation is 1. The third-order valence-corrected chi connectivity index (χ3v) is 12.1. The molecule has 1 amide bonds. The Balaban J connectivity index is 1.51. The van der Waals surface area contributed by atoms with Gasteiger partial charge in [-0.2, -0.15) is 0 Å². The highest BCUT2D eigenvalue weighted by molar-refractivity contribution is 7.90. The van der Waals surface area contributed by atoms with Crippen molar-refractivity contribution in [2.75, 3.05) is 24.6 Å². The second kappa shape index (κ2) is 12.3. The van der Waals surface area contributed by atoms with E-state index >= 15 is 0 Å². The van der Waals surface area contributed by atoms with Gasteiger partial charge in [0.05, 0.1) is 23.6 Å². The second-order valence-corrected chi connectivity index (χ2v) is 15.4. The van der Waals surface area contributed by atoms with E-state index in [1.54, 1.807) is 37.3 Å². The fourth-order valence-electron chi connectivity index (χ4n) is 7.08. The van der Waals surface area contributed by atoms with E-state index in [9.17, 15) is 18.3 Å². The largest absolute Gasteiger partial charge is 0.490 e. The molecule has 1 saturated carbocycles. The van der Waals surface area contributed by atoms with Crippen LogP contribution in [0.1, 0.15) is 73.9 Å². The number of hydrogen-bond acceptors (Lipinski definition) is 6. The zero-order valence-electron chi connectivity index (χ0n) is 25.1. The molecule has 7 nitrogen and oxygen atoms in total. The van der Waals surface area contributed by atoms with Crippen LogP contribution in [0.2, 0.25) is 5.02 Å². The van der Waals surface area contributed by atoms with Gasteiger partial charge in [-0.15, -0.1) is 13.2 Å². The van der Waals surface area contributed by atoms with Crippen molar-refractivity contribution in [2.45, 2.75) is 75.6 Å². The molecule has 3 aliphatic rings. The minimum atomic E-state index is -3.86. The zero-order chi connectivity index (χ0) is 31.0. The summed E-state index contributed by atoms with van der Waals surface area (Å²) in [5.74, 6) is 0.183. The van der Waals surface area contributed by atoms with E-state index in [1.165, 1.54) is 11.1 Å². The molecule has 1 fully saturated rings. The number of nitrogens with zero attached hydrogens (tertiary/aromatic N) is 1. The van der Waals surface area contributed by atoms with Crippen LogP contribution < -0.4 is 14.4 Å². The highest BCUT2D eigenvalue weighted by Crippen LogP contribution is 2.52. The van der Waals surface area contributed by atoms with Crippen LogP contribution in [0, 0.1) is 11.3 Å². The Morgan fingerprint density at radius 1 is 1.26 bits per heavy atom. The summed E-state index contributed by atoms with van der Waals surface area (Å²) in [5, 5.41) is 10.8. The van der Waals surface area contributed by atoms with Crippen LogP contribution in [-0.4, -0.2) is 50.5 Å². The molecular formula is C34H43ClN2O5S. The predicted octanol–water partition coefficient (Wildman–Crippen LogP) is 6.19. The summed E-state index contributed by atoms with van der Waals surface area (Å²) >= 11 is 6.39. The lowest BCUT2D eigenvalue weighted by molar-refractivity contribution is -0.0466. The van der Waals surface area contributed by atoms with E-state index < -0.39 is 27.3 Å². The number of nitrogens with one attached hydrogen (secondary N) is 1. The normalized spacial score (nSPS) is 26.1. The van der Waals surface area contributed by atoms with Gasteiger partial charge >= 0.3 is 0 Å². The average Bonchev–Trinajstić information content (AvgIpc) is 3.13. The molecule has 0 radical (unpaired) electrons. The van der Waals surface area contributed by atoms with E-state index in [0.29, 0.717) is 38.3 Å². The van der Waals surface area contributed by atoms with Crippen molar-refractivity contribution in [3.8, 4) is 5.75 Å². The predicted molar refractivity (Wildman–Crippen MR) is 173 cm³/mol. The van der Waals surface area contributed by atoms with Gasteiger partial charge in [0.1, 0.15) is 5.75 Å². The number of carbonyl (C=O) groups excluding carboxylic acids is 1. The van der Waals surface area contributed by atoms with Crippen molar-refractivity contribution in [3.63, 3.8) is 0 Å². The van der Waals surface area contributed by atoms with Gasteiger partial charge in [-0.3, -0.25) is 4.79 Å². The van der Waals surface area contributed by atoms with E-state index in [-0.39, 0.29) is 22.3 Å². The van der Waals surface area contributed by atoms with Gasteiger partial charge in [-0.25, -0.2) is 13.1 Å². The molecule has 232 valence electrons. The fraction of sp³-hybridized carbons (Fsp3) is 0.500. The molecule has 2 unspecified atom stereocenters. The van der Waals surface area contributed by atoms with Gasteiger partial charge < -0.3 is 14.7 Å². The molecule has 5 rings (SSSR count). The molecule has 1 aliphatic heterocycles. The smallest absolute Gasteiger partial charge is 0.264 e. The lowest BCUT2D eigenvalue weighted by Gasteiger charge is -2.52. The number of allylic oxidation sites excluding steroid dienone is 1. The number of benzene rings is 2. The van der Waals surface area contributed by atoms with Crippen molar-refractivity contribution in [1.82, 2.24) is 4.72 Å². The Hall–Kier alpha value is -2.81. The minimum absolute atomic E-state index is 0.195. The molecular weight excluding hydrogens is 584 g/mol. The quantitative estimate of drug-likeness (QED) is 0.305. The first-order valence-corrected chi connectivity index (χ1v) is 17.1. The number of carbonyl (C=O) groups is 1. The molecule has 0 bridgehead atoms. The lowest BCUT2D eigenvalue weighted by Crippen LogP contribution is -2.53. The topological polar surface area (TPSA) is 95.9 Å². The standard InChI is InChI=1S/C34H43ClN2O5S/c1-5-7-9-23(3)43(40,41)36-32(39)25-11-14-30-29(19-25)37(20-26-15-17-33(26,4)31(38)6-2)21-34(22-42-30)16-8-10-24-18-27(35)12-13-28(24)34/h5-6,11-14,18-19,23,26,31,38H,1-2,7-10,15-17,20-22H2,3-4H3,(H,36,39)/t23?,26-,31?,33+,34+/m1/s1. The average molecular weight is 627 g/mol. The zero-order valence-corrected chi connectivity index (χ0v) is 26.7. The molecule has 2 N–H and O–H groups in total. The van der Waals surface area contributed by atoms with Crippen LogP contribution in [0.3, 0.4) is 0 Å². The van der Waals surface area contributed by atoms with E-state index in [2.05, 4.69) is 41.8 Å². The summed E-state index contributed by atoms with van der Waals surface area (Å²) in [6.07, 6.45) is 8.36. The molecule has 0 aromatic heterocycles. The summed E-state index contributed by atoms with van der Waals surface area (Å²) < 4.78 is 34.6. The van der Waals surface area contributed by atoms with Gasteiger partial charge in [0.15, 0.2) is 0 Å². The number of ether oxygens (including phenoxy) is 1. The third kappa shape index (κ3) is 6.11. The van der Waals surface area contributed by atoms with Crippen molar-refractivity contribution in [1.29, 1.82) is 0 Å². The number of sulfonamides is 1. The number of hydrogen-bond donors (Lipinski definition) is 2. The van der Waals surface area contributed by atoms with Gasteiger partial charge in [0.25, 0.3) is 5.91 Å². The van der Waals surface area contributed by atoms with E-state index in [4.69, 9.17) is 16.3 Å². The van der Waals surface area contributed by atoms with Crippen LogP contribution in [0.15, 0.2) is 61.7 Å². The Bertz CT molecular complexity index is 1510.